The van der Waals surface area contributed by atoms with Crippen LogP contribution in [0.15, 0.2) is 18.2 Å². The first kappa shape index (κ1) is 14.5. The molecule has 0 saturated heterocycles. The Morgan fingerprint density at radius 3 is 2.59 bits per heavy atom. The molecule has 1 aromatic rings. The van der Waals surface area contributed by atoms with E-state index in [4.69, 9.17) is 17.3 Å². The molecule has 1 rings (SSSR count). The van der Waals surface area contributed by atoms with Gasteiger partial charge in [0, 0.05) is 6.04 Å². The van der Waals surface area contributed by atoms with Crippen molar-refractivity contribution in [3.05, 3.63) is 34.6 Å². The summed E-state index contributed by atoms with van der Waals surface area (Å²) in [5.74, 6) is -0.293. The van der Waals surface area contributed by atoms with E-state index in [0.717, 1.165) is 12.8 Å². The third kappa shape index (κ3) is 4.29. The molecule has 96 valence electrons. The molecule has 0 fully saturated rings. The van der Waals surface area contributed by atoms with Gasteiger partial charge in [0.25, 0.3) is 0 Å². The summed E-state index contributed by atoms with van der Waals surface area (Å²) in [6.45, 7) is 6.37. The van der Waals surface area contributed by atoms with Crippen LogP contribution in [-0.4, -0.2) is 6.04 Å². The maximum atomic E-state index is 13.6. The highest BCUT2D eigenvalue weighted by molar-refractivity contribution is 6.30. The lowest BCUT2D eigenvalue weighted by molar-refractivity contribution is 0.301. The van der Waals surface area contributed by atoms with Crippen LogP contribution in [0.2, 0.25) is 5.02 Å². The Hall–Kier alpha value is -0.600. The van der Waals surface area contributed by atoms with E-state index in [9.17, 15) is 4.39 Å². The Labute approximate surface area is 108 Å². The first-order valence-corrected chi connectivity index (χ1v) is 6.38. The second-order valence-corrected chi connectivity index (χ2v) is 5.98. The standard InChI is InChI=1S/C14H21ClFN/c1-14(2,3)12(17)9-5-7-10-6-4-8-11(15)13(10)16/h4,6,8,12H,5,7,9,17H2,1-3H3. The van der Waals surface area contributed by atoms with Crippen LogP contribution in [0.3, 0.4) is 0 Å². The Morgan fingerprint density at radius 2 is 2.00 bits per heavy atom. The van der Waals surface area contributed by atoms with Crippen molar-refractivity contribution in [3.63, 3.8) is 0 Å². The normalized spacial score (nSPS) is 13.8. The van der Waals surface area contributed by atoms with Gasteiger partial charge >= 0.3 is 0 Å². The van der Waals surface area contributed by atoms with Crippen molar-refractivity contribution in [2.75, 3.05) is 0 Å². The quantitative estimate of drug-likeness (QED) is 0.861. The molecule has 1 unspecified atom stereocenters. The Morgan fingerprint density at radius 1 is 1.35 bits per heavy atom. The van der Waals surface area contributed by atoms with Crippen molar-refractivity contribution >= 4 is 11.6 Å². The van der Waals surface area contributed by atoms with E-state index in [1.807, 2.05) is 0 Å². The first-order valence-electron chi connectivity index (χ1n) is 6.01. The van der Waals surface area contributed by atoms with Gasteiger partial charge in [0.2, 0.25) is 0 Å². The van der Waals surface area contributed by atoms with Gasteiger partial charge in [0.1, 0.15) is 5.82 Å². The Bertz CT molecular complexity index is 371. The zero-order chi connectivity index (χ0) is 13.1. The molecule has 0 radical (unpaired) electrons. The van der Waals surface area contributed by atoms with E-state index in [1.54, 1.807) is 18.2 Å². The molecular formula is C14H21ClFN. The van der Waals surface area contributed by atoms with Gasteiger partial charge in [0.05, 0.1) is 5.02 Å². The van der Waals surface area contributed by atoms with Crippen LogP contribution in [0.1, 0.15) is 39.2 Å². The number of aryl methyl sites for hydroxylation is 1. The Kier molecular flexibility index (Phi) is 4.96. The van der Waals surface area contributed by atoms with E-state index in [2.05, 4.69) is 20.8 Å². The van der Waals surface area contributed by atoms with E-state index in [1.165, 1.54) is 0 Å². The maximum absolute atomic E-state index is 13.6. The summed E-state index contributed by atoms with van der Waals surface area (Å²) in [7, 11) is 0. The SMILES string of the molecule is CC(C)(C)C(N)CCCc1cccc(Cl)c1F. The number of nitrogens with two attached hydrogens (primary N) is 1. The van der Waals surface area contributed by atoms with Crippen molar-refractivity contribution in [1.82, 2.24) is 0 Å². The molecule has 2 N–H and O–H groups in total. The minimum absolute atomic E-state index is 0.104. The molecule has 0 amide bonds. The molecular weight excluding hydrogens is 237 g/mol. The van der Waals surface area contributed by atoms with Crippen LogP contribution in [0.25, 0.3) is 0 Å². The molecule has 1 atom stereocenters. The third-order valence-electron chi connectivity index (χ3n) is 3.11. The fraction of sp³-hybridized carbons (Fsp3) is 0.571. The molecule has 0 heterocycles. The molecule has 0 bridgehead atoms. The van der Waals surface area contributed by atoms with Crippen molar-refractivity contribution < 1.29 is 4.39 Å². The maximum Gasteiger partial charge on any atom is 0.144 e. The minimum Gasteiger partial charge on any atom is -0.327 e. The highest BCUT2D eigenvalue weighted by Gasteiger charge is 2.20. The first-order chi connectivity index (χ1) is 7.82. The van der Waals surface area contributed by atoms with Gasteiger partial charge < -0.3 is 5.73 Å². The summed E-state index contributed by atoms with van der Waals surface area (Å²) < 4.78 is 13.6. The van der Waals surface area contributed by atoms with E-state index in [0.29, 0.717) is 12.0 Å². The zero-order valence-electron chi connectivity index (χ0n) is 10.8. The summed E-state index contributed by atoms with van der Waals surface area (Å²) >= 11 is 5.73. The third-order valence-corrected chi connectivity index (χ3v) is 3.40. The fourth-order valence-electron chi connectivity index (χ4n) is 1.69. The van der Waals surface area contributed by atoms with Gasteiger partial charge in [-0.15, -0.1) is 0 Å². The number of hydrogen-bond donors (Lipinski definition) is 1. The summed E-state index contributed by atoms with van der Waals surface area (Å²) in [4.78, 5) is 0. The van der Waals surface area contributed by atoms with Crippen molar-refractivity contribution in [3.8, 4) is 0 Å². The highest BCUT2D eigenvalue weighted by atomic mass is 35.5. The molecule has 17 heavy (non-hydrogen) atoms. The topological polar surface area (TPSA) is 26.0 Å². The van der Waals surface area contributed by atoms with Crippen LogP contribution < -0.4 is 5.73 Å². The van der Waals surface area contributed by atoms with Crippen LogP contribution in [-0.2, 0) is 6.42 Å². The van der Waals surface area contributed by atoms with Crippen LogP contribution in [0.4, 0.5) is 4.39 Å². The Balaban J connectivity index is 2.49. The zero-order valence-corrected chi connectivity index (χ0v) is 11.5. The summed E-state index contributed by atoms with van der Waals surface area (Å²) in [5, 5.41) is 0.197. The lowest BCUT2D eigenvalue weighted by Crippen LogP contribution is -2.34. The molecule has 1 aromatic carbocycles. The molecule has 0 aliphatic rings. The van der Waals surface area contributed by atoms with Crippen molar-refractivity contribution in [1.29, 1.82) is 0 Å². The van der Waals surface area contributed by atoms with Crippen LogP contribution in [0.5, 0.6) is 0 Å². The average Bonchev–Trinajstić information content (AvgIpc) is 2.22. The predicted molar refractivity (Wildman–Crippen MR) is 71.8 cm³/mol. The second kappa shape index (κ2) is 5.83. The molecule has 3 heteroatoms. The van der Waals surface area contributed by atoms with Gasteiger partial charge in [-0.3, -0.25) is 0 Å². The smallest absolute Gasteiger partial charge is 0.144 e. The predicted octanol–water partition coefficient (Wildman–Crippen LogP) is 4.18. The van der Waals surface area contributed by atoms with Crippen molar-refractivity contribution in [2.45, 2.75) is 46.1 Å². The van der Waals surface area contributed by atoms with Gasteiger partial charge in [-0.1, -0.05) is 44.5 Å². The summed E-state index contributed by atoms with van der Waals surface area (Å²) in [5.41, 5.74) is 6.85. The highest BCUT2D eigenvalue weighted by Crippen LogP contribution is 2.23. The van der Waals surface area contributed by atoms with Gasteiger partial charge in [-0.2, -0.15) is 0 Å². The number of hydrogen-bond acceptors (Lipinski definition) is 1. The molecule has 0 aliphatic heterocycles. The molecule has 0 aliphatic carbocycles. The summed E-state index contributed by atoms with van der Waals surface area (Å²) in [6.07, 6.45) is 2.47. The summed E-state index contributed by atoms with van der Waals surface area (Å²) in [6, 6.07) is 5.28. The van der Waals surface area contributed by atoms with Gasteiger partial charge in [-0.25, -0.2) is 4.39 Å². The number of benzene rings is 1. The van der Waals surface area contributed by atoms with E-state index in [-0.39, 0.29) is 22.3 Å². The second-order valence-electron chi connectivity index (χ2n) is 5.58. The molecule has 0 aromatic heterocycles. The van der Waals surface area contributed by atoms with E-state index < -0.39 is 0 Å². The monoisotopic (exact) mass is 257 g/mol. The van der Waals surface area contributed by atoms with Crippen molar-refractivity contribution in [2.24, 2.45) is 11.1 Å². The van der Waals surface area contributed by atoms with Crippen LogP contribution in [0, 0.1) is 11.2 Å². The average molecular weight is 258 g/mol. The molecule has 1 nitrogen and oxygen atoms in total. The molecule has 0 spiro atoms. The van der Waals surface area contributed by atoms with Gasteiger partial charge in [-0.05, 0) is 36.3 Å². The number of rotatable bonds is 4. The molecule has 0 saturated carbocycles. The largest absolute Gasteiger partial charge is 0.327 e. The fourth-order valence-corrected chi connectivity index (χ4v) is 1.88. The van der Waals surface area contributed by atoms with E-state index >= 15 is 0 Å². The van der Waals surface area contributed by atoms with Crippen LogP contribution >= 0.6 is 11.6 Å². The number of halogens is 2. The lowest BCUT2D eigenvalue weighted by Gasteiger charge is -2.27. The minimum atomic E-state index is -0.293. The van der Waals surface area contributed by atoms with Gasteiger partial charge in [0.15, 0.2) is 0 Å². The lowest BCUT2D eigenvalue weighted by atomic mass is 9.84.